The number of rotatable bonds is 13. The lowest BCUT2D eigenvalue weighted by Crippen LogP contribution is -2.02. The Morgan fingerprint density at radius 1 is 1.00 bits per heavy atom. The molecule has 2 heteroatoms. The Kier molecular flexibility index (Phi) is 13.7. The van der Waals surface area contributed by atoms with Gasteiger partial charge in [0.15, 0.2) is 0 Å². The molecule has 0 aromatic rings. The van der Waals surface area contributed by atoms with Crippen LogP contribution in [0.15, 0.2) is 12.2 Å². The van der Waals surface area contributed by atoms with Crippen LogP contribution in [0, 0.1) is 0 Å². The second kappa shape index (κ2) is 13.6. The molecule has 2 atom stereocenters. The van der Waals surface area contributed by atoms with Gasteiger partial charge in [0.2, 0.25) is 0 Å². The quantitative estimate of drug-likeness (QED) is 0.280. The summed E-state index contributed by atoms with van der Waals surface area (Å²) in [7, 11) is 1.15. The molecule has 1 nitrogen and oxygen atoms in total. The van der Waals surface area contributed by atoms with Crippen LogP contribution in [0.3, 0.4) is 0 Å². The van der Waals surface area contributed by atoms with E-state index in [0.29, 0.717) is 0 Å². The number of hydrogen-bond donors (Lipinski definition) is 1. The Balaban J connectivity index is 3.05. The molecule has 0 fully saturated rings. The highest BCUT2D eigenvalue weighted by Gasteiger charge is 2.00. The van der Waals surface area contributed by atoms with Gasteiger partial charge in [-0.3, -0.25) is 0 Å². The normalized spacial score (nSPS) is 13.3. The van der Waals surface area contributed by atoms with E-state index in [1.807, 2.05) is 6.92 Å². The van der Waals surface area contributed by atoms with Crippen LogP contribution in [0.2, 0.25) is 0 Å². The third-order valence-corrected chi connectivity index (χ3v) is 4.81. The minimum atomic E-state index is -0.324. The van der Waals surface area contributed by atoms with E-state index in [1.165, 1.54) is 63.7 Å². The highest BCUT2D eigenvalue weighted by Crippen LogP contribution is 2.18. The first-order valence-corrected chi connectivity index (χ1v) is 9.16. The first kappa shape index (κ1) is 18.1. The zero-order chi connectivity index (χ0) is 13.6. The van der Waals surface area contributed by atoms with Crippen LogP contribution >= 0.6 is 8.58 Å². The fourth-order valence-electron chi connectivity index (χ4n) is 1.97. The summed E-state index contributed by atoms with van der Waals surface area (Å²) in [5, 5.41) is 9.28. The number of unbranched alkanes of at least 4 members (excludes halogenated alkanes) is 6. The maximum atomic E-state index is 9.28. The Morgan fingerprint density at radius 2 is 1.56 bits per heavy atom. The molecule has 2 unspecified atom stereocenters. The lowest BCUT2D eigenvalue weighted by atomic mass is 10.1. The standard InChI is InChI=1S/C16H33OP/c1-4-5-6-7-8-10-13-18-14-11-9-12-15(2)16(3)17/h16-18H,2,4-14H2,1,3H3. The molecule has 0 aliphatic carbocycles. The first-order valence-electron chi connectivity index (χ1n) is 7.75. The Morgan fingerprint density at radius 3 is 2.17 bits per heavy atom. The number of hydrogen-bond acceptors (Lipinski definition) is 1. The van der Waals surface area contributed by atoms with Gasteiger partial charge in [-0.2, -0.15) is 0 Å². The van der Waals surface area contributed by atoms with Crippen LogP contribution in [-0.4, -0.2) is 23.5 Å². The summed E-state index contributed by atoms with van der Waals surface area (Å²) in [6, 6.07) is 0. The zero-order valence-electron chi connectivity index (χ0n) is 12.5. The van der Waals surface area contributed by atoms with Crippen LogP contribution in [0.5, 0.6) is 0 Å². The SMILES string of the molecule is C=C(CCCCPCCCCCCCC)C(C)O. The Labute approximate surface area is 116 Å². The van der Waals surface area contributed by atoms with Gasteiger partial charge in [0, 0.05) is 0 Å². The molecule has 108 valence electrons. The highest BCUT2D eigenvalue weighted by atomic mass is 31.1. The van der Waals surface area contributed by atoms with Gasteiger partial charge in [-0.05, 0) is 50.5 Å². The molecule has 0 amide bonds. The van der Waals surface area contributed by atoms with Crippen LogP contribution in [0.4, 0.5) is 0 Å². The average molecular weight is 272 g/mol. The van der Waals surface area contributed by atoms with E-state index in [9.17, 15) is 5.11 Å². The molecule has 0 bridgehead atoms. The van der Waals surface area contributed by atoms with Gasteiger partial charge in [0.25, 0.3) is 0 Å². The molecule has 0 aromatic heterocycles. The van der Waals surface area contributed by atoms with Gasteiger partial charge >= 0.3 is 0 Å². The Bertz CT molecular complexity index is 190. The highest BCUT2D eigenvalue weighted by molar-refractivity contribution is 7.37. The zero-order valence-corrected chi connectivity index (χ0v) is 13.5. The van der Waals surface area contributed by atoms with Gasteiger partial charge in [0.05, 0.1) is 6.10 Å². The predicted molar refractivity (Wildman–Crippen MR) is 86.1 cm³/mol. The van der Waals surface area contributed by atoms with E-state index in [1.54, 1.807) is 0 Å². The molecule has 0 heterocycles. The van der Waals surface area contributed by atoms with Crippen molar-refractivity contribution in [3.8, 4) is 0 Å². The van der Waals surface area contributed by atoms with Crippen LogP contribution in [0.1, 0.15) is 71.6 Å². The lowest BCUT2D eigenvalue weighted by Gasteiger charge is -2.08. The van der Waals surface area contributed by atoms with Crippen LogP contribution < -0.4 is 0 Å². The molecule has 0 aliphatic rings. The van der Waals surface area contributed by atoms with Crippen molar-refractivity contribution in [2.75, 3.05) is 12.3 Å². The molecule has 0 aliphatic heterocycles. The number of aliphatic hydroxyl groups excluding tert-OH is 1. The fraction of sp³-hybridized carbons (Fsp3) is 0.875. The summed E-state index contributed by atoms with van der Waals surface area (Å²) in [4.78, 5) is 0. The van der Waals surface area contributed by atoms with E-state index < -0.39 is 0 Å². The van der Waals surface area contributed by atoms with E-state index >= 15 is 0 Å². The maximum absolute atomic E-state index is 9.28. The van der Waals surface area contributed by atoms with Crippen molar-refractivity contribution in [3.05, 3.63) is 12.2 Å². The third kappa shape index (κ3) is 12.6. The van der Waals surface area contributed by atoms with E-state index in [4.69, 9.17) is 0 Å². The second-order valence-electron chi connectivity index (χ2n) is 5.31. The summed E-state index contributed by atoms with van der Waals surface area (Å²) in [5.74, 6) is 0. The maximum Gasteiger partial charge on any atom is 0.0719 e. The largest absolute Gasteiger partial charge is 0.389 e. The summed E-state index contributed by atoms with van der Waals surface area (Å²) in [5.41, 5.74) is 0.995. The summed E-state index contributed by atoms with van der Waals surface area (Å²) in [6.07, 6.45) is 14.5. The van der Waals surface area contributed by atoms with Gasteiger partial charge in [-0.25, -0.2) is 0 Å². The molecule has 0 rings (SSSR count). The predicted octanol–water partition coefficient (Wildman–Crippen LogP) is 5.13. The Hall–Kier alpha value is 0.130. The molecule has 0 spiro atoms. The van der Waals surface area contributed by atoms with Crippen LogP contribution in [0.25, 0.3) is 0 Å². The van der Waals surface area contributed by atoms with Crippen molar-refractivity contribution in [2.24, 2.45) is 0 Å². The van der Waals surface area contributed by atoms with Crippen LogP contribution in [-0.2, 0) is 0 Å². The van der Waals surface area contributed by atoms with Crippen molar-refractivity contribution in [1.29, 1.82) is 0 Å². The van der Waals surface area contributed by atoms with Gasteiger partial charge in [0.1, 0.15) is 0 Å². The number of aliphatic hydroxyl groups is 1. The fourth-order valence-corrected chi connectivity index (χ4v) is 3.22. The van der Waals surface area contributed by atoms with E-state index in [2.05, 4.69) is 13.5 Å². The first-order chi connectivity index (χ1) is 8.68. The van der Waals surface area contributed by atoms with Crippen molar-refractivity contribution in [3.63, 3.8) is 0 Å². The molecular formula is C16H33OP. The van der Waals surface area contributed by atoms with E-state index in [0.717, 1.165) is 20.6 Å². The molecule has 0 aromatic carbocycles. The molecular weight excluding hydrogens is 239 g/mol. The second-order valence-corrected chi connectivity index (χ2v) is 6.81. The molecule has 1 N–H and O–H groups in total. The summed E-state index contributed by atoms with van der Waals surface area (Å²) < 4.78 is 0. The van der Waals surface area contributed by atoms with Crippen molar-refractivity contribution in [1.82, 2.24) is 0 Å². The molecule has 0 radical (unpaired) electrons. The summed E-state index contributed by atoms with van der Waals surface area (Å²) >= 11 is 0. The summed E-state index contributed by atoms with van der Waals surface area (Å²) in [6.45, 7) is 7.97. The topological polar surface area (TPSA) is 20.2 Å². The van der Waals surface area contributed by atoms with Crippen molar-refractivity contribution in [2.45, 2.75) is 77.7 Å². The molecule has 0 saturated heterocycles. The van der Waals surface area contributed by atoms with Crippen molar-refractivity contribution >= 4 is 8.58 Å². The minimum Gasteiger partial charge on any atom is -0.389 e. The smallest absolute Gasteiger partial charge is 0.0719 e. The van der Waals surface area contributed by atoms with E-state index in [-0.39, 0.29) is 6.10 Å². The average Bonchev–Trinajstić information content (AvgIpc) is 2.35. The lowest BCUT2D eigenvalue weighted by molar-refractivity contribution is 0.227. The van der Waals surface area contributed by atoms with Crippen molar-refractivity contribution < 1.29 is 5.11 Å². The minimum absolute atomic E-state index is 0.324. The monoisotopic (exact) mass is 272 g/mol. The van der Waals surface area contributed by atoms with Gasteiger partial charge < -0.3 is 5.11 Å². The molecule has 18 heavy (non-hydrogen) atoms. The molecule has 0 saturated carbocycles. The third-order valence-electron chi connectivity index (χ3n) is 3.40. The van der Waals surface area contributed by atoms with Gasteiger partial charge in [-0.15, -0.1) is 8.58 Å². The van der Waals surface area contributed by atoms with Gasteiger partial charge in [-0.1, -0.05) is 45.6 Å².